The van der Waals surface area contributed by atoms with Gasteiger partial charge in [-0.2, -0.15) is 0 Å². The molecule has 3 aliphatic rings. The molecule has 0 unspecified atom stereocenters. The van der Waals surface area contributed by atoms with Crippen LogP contribution in [0.1, 0.15) is 30.4 Å². The van der Waals surface area contributed by atoms with E-state index in [2.05, 4.69) is 41.1 Å². The summed E-state index contributed by atoms with van der Waals surface area (Å²) < 4.78 is 5.37. The summed E-state index contributed by atoms with van der Waals surface area (Å²) in [5, 5.41) is 0. The standard InChI is InChI=1S/C21H30N2O2/c1-22-8-7-16(13-25-2)12-21(22)14-23(15-21)20(24)11-17-9-18-5-3-4-6-19(18)10-17/h3-6,16-17H,7-15H2,1-2H3/t16-/m0/s1. The van der Waals surface area contributed by atoms with Crippen molar-refractivity contribution in [3.8, 4) is 0 Å². The molecule has 0 radical (unpaired) electrons. The molecular weight excluding hydrogens is 312 g/mol. The lowest BCUT2D eigenvalue weighted by molar-refractivity contribution is -0.151. The van der Waals surface area contributed by atoms with E-state index in [1.54, 1.807) is 7.11 Å². The summed E-state index contributed by atoms with van der Waals surface area (Å²) in [7, 11) is 4.01. The first-order valence-corrected chi connectivity index (χ1v) is 9.64. The van der Waals surface area contributed by atoms with Crippen LogP contribution < -0.4 is 0 Å². The summed E-state index contributed by atoms with van der Waals surface area (Å²) in [4.78, 5) is 17.3. The topological polar surface area (TPSA) is 32.8 Å². The number of piperidine rings is 1. The Labute approximate surface area is 151 Å². The van der Waals surface area contributed by atoms with Crippen LogP contribution in [-0.2, 0) is 22.4 Å². The molecule has 0 saturated carbocycles. The minimum Gasteiger partial charge on any atom is -0.384 e. The van der Waals surface area contributed by atoms with Crippen LogP contribution in [0.25, 0.3) is 0 Å². The number of carbonyl (C=O) groups excluding carboxylic acids is 1. The lowest BCUT2D eigenvalue weighted by Crippen LogP contribution is -2.72. The van der Waals surface area contributed by atoms with Crippen molar-refractivity contribution < 1.29 is 9.53 Å². The van der Waals surface area contributed by atoms with Crippen LogP contribution in [0.2, 0.25) is 0 Å². The van der Waals surface area contributed by atoms with Crippen molar-refractivity contribution in [2.24, 2.45) is 11.8 Å². The van der Waals surface area contributed by atoms with Gasteiger partial charge in [0, 0.05) is 33.2 Å². The van der Waals surface area contributed by atoms with Crippen LogP contribution >= 0.6 is 0 Å². The monoisotopic (exact) mass is 342 g/mol. The Morgan fingerprint density at radius 2 is 1.88 bits per heavy atom. The molecule has 0 aromatic heterocycles. The Bertz CT molecular complexity index is 614. The number of hydrogen-bond donors (Lipinski definition) is 0. The van der Waals surface area contributed by atoms with Gasteiger partial charge in [-0.15, -0.1) is 0 Å². The van der Waals surface area contributed by atoms with E-state index in [1.807, 2.05) is 0 Å². The Hall–Kier alpha value is -1.39. The maximum atomic E-state index is 12.8. The first-order chi connectivity index (χ1) is 12.1. The number of likely N-dealkylation sites (tertiary alicyclic amines) is 2. The molecule has 4 rings (SSSR count). The van der Waals surface area contributed by atoms with E-state index in [1.165, 1.54) is 17.5 Å². The number of fused-ring (bicyclic) bond motifs is 1. The summed E-state index contributed by atoms with van der Waals surface area (Å²) in [6.45, 7) is 3.78. The zero-order valence-corrected chi connectivity index (χ0v) is 15.5. The second-order valence-electron chi connectivity index (χ2n) is 8.46. The van der Waals surface area contributed by atoms with Gasteiger partial charge in [0.1, 0.15) is 0 Å². The van der Waals surface area contributed by atoms with Crippen molar-refractivity contribution in [2.75, 3.05) is 40.4 Å². The number of methoxy groups -OCH3 is 1. The molecule has 1 atom stereocenters. The first-order valence-electron chi connectivity index (χ1n) is 9.64. The number of nitrogens with zero attached hydrogens (tertiary/aromatic N) is 2. The summed E-state index contributed by atoms with van der Waals surface area (Å²) in [5.41, 5.74) is 3.08. The molecule has 0 N–H and O–H groups in total. The van der Waals surface area contributed by atoms with Crippen molar-refractivity contribution in [3.05, 3.63) is 35.4 Å². The van der Waals surface area contributed by atoms with Crippen molar-refractivity contribution >= 4 is 5.91 Å². The molecule has 1 aliphatic carbocycles. The smallest absolute Gasteiger partial charge is 0.222 e. The molecule has 0 bridgehead atoms. The third-order valence-electron chi connectivity index (χ3n) is 6.68. The predicted molar refractivity (Wildman–Crippen MR) is 98.5 cm³/mol. The van der Waals surface area contributed by atoms with Gasteiger partial charge >= 0.3 is 0 Å². The first kappa shape index (κ1) is 17.0. The molecule has 2 fully saturated rings. The minimum atomic E-state index is 0.204. The fourth-order valence-electron chi connectivity index (χ4n) is 5.17. The Morgan fingerprint density at radius 1 is 1.20 bits per heavy atom. The van der Waals surface area contributed by atoms with Crippen molar-refractivity contribution in [2.45, 2.75) is 37.6 Å². The Kier molecular flexibility index (Phi) is 4.59. The van der Waals surface area contributed by atoms with Crippen LogP contribution in [0.5, 0.6) is 0 Å². The predicted octanol–water partition coefficient (Wildman–Crippen LogP) is 2.36. The van der Waals surface area contributed by atoms with Gasteiger partial charge in [0.05, 0.1) is 5.54 Å². The minimum absolute atomic E-state index is 0.204. The highest BCUT2D eigenvalue weighted by Gasteiger charge is 2.50. The van der Waals surface area contributed by atoms with Crippen LogP contribution in [0.4, 0.5) is 0 Å². The molecule has 4 heteroatoms. The largest absolute Gasteiger partial charge is 0.384 e. The number of amides is 1. The molecule has 1 aromatic rings. The molecule has 1 spiro atoms. The second kappa shape index (κ2) is 6.73. The van der Waals surface area contributed by atoms with E-state index >= 15 is 0 Å². The maximum Gasteiger partial charge on any atom is 0.222 e. The summed E-state index contributed by atoms with van der Waals surface area (Å²) in [6, 6.07) is 8.64. The van der Waals surface area contributed by atoms with Gasteiger partial charge < -0.3 is 9.64 Å². The summed E-state index contributed by atoms with van der Waals surface area (Å²) in [5.74, 6) is 1.49. The molecular formula is C21H30N2O2. The molecule has 1 amide bonds. The highest BCUT2D eigenvalue weighted by Crippen LogP contribution is 2.39. The van der Waals surface area contributed by atoms with Crippen molar-refractivity contribution in [1.29, 1.82) is 0 Å². The van der Waals surface area contributed by atoms with E-state index in [4.69, 9.17) is 4.74 Å². The van der Waals surface area contributed by atoms with Gasteiger partial charge in [-0.05, 0) is 62.2 Å². The third kappa shape index (κ3) is 3.22. The lowest BCUT2D eigenvalue weighted by Gasteiger charge is -2.58. The van der Waals surface area contributed by atoms with Crippen molar-refractivity contribution in [3.63, 3.8) is 0 Å². The van der Waals surface area contributed by atoms with Gasteiger partial charge in [0.15, 0.2) is 0 Å². The zero-order valence-electron chi connectivity index (χ0n) is 15.5. The van der Waals surface area contributed by atoms with Gasteiger partial charge in [-0.1, -0.05) is 24.3 Å². The second-order valence-corrected chi connectivity index (χ2v) is 8.46. The molecule has 136 valence electrons. The van der Waals surface area contributed by atoms with Crippen molar-refractivity contribution in [1.82, 2.24) is 9.80 Å². The number of hydrogen-bond acceptors (Lipinski definition) is 3. The van der Waals surface area contributed by atoms with Gasteiger partial charge in [-0.25, -0.2) is 0 Å². The lowest BCUT2D eigenvalue weighted by atomic mass is 9.75. The van der Waals surface area contributed by atoms with Gasteiger partial charge in [0.25, 0.3) is 0 Å². The third-order valence-corrected chi connectivity index (χ3v) is 6.68. The highest BCUT2D eigenvalue weighted by atomic mass is 16.5. The summed E-state index contributed by atoms with van der Waals surface area (Å²) in [6.07, 6.45) is 5.21. The number of carbonyl (C=O) groups is 1. The quantitative estimate of drug-likeness (QED) is 0.842. The van der Waals surface area contributed by atoms with Crippen LogP contribution in [0.3, 0.4) is 0 Å². The molecule has 2 saturated heterocycles. The number of likely N-dealkylation sites (N-methyl/N-ethyl adjacent to an activating group) is 1. The van der Waals surface area contributed by atoms with E-state index in [-0.39, 0.29) is 5.54 Å². The van der Waals surface area contributed by atoms with E-state index in [0.29, 0.717) is 24.2 Å². The Morgan fingerprint density at radius 3 is 2.52 bits per heavy atom. The fraction of sp³-hybridized carbons (Fsp3) is 0.667. The molecule has 2 aliphatic heterocycles. The number of ether oxygens (including phenoxy) is 1. The zero-order chi connectivity index (χ0) is 17.4. The number of rotatable bonds is 4. The molecule has 2 heterocycles. The highest BCUT2D eigenvalue weighted by molar-refractivity contribution is 5.78. The molecule has 1 aromatic carbocycles. The van der Waals surface area contributed by atoms with E-state index in [0.717, 1.165) is 45.5 Å². The maximum absolute atomic E-state index is 12.8. The molecule has 4 nitrogen and oxygen atoms in total. The average molecular weight is 342 g/mol. The number of benzene rings is 1. The Balaban J connectivity index is 1.31. The van der Waals surface area contributed by atoms with Crippen LogP contribution in [0.15, 0.2) is 24.3 Å². The van der Waals surface area contributed by atoms with Gasteiger partial charge in [-0.3, -0.25) is 9.69 Å². The van der Waals surface area contributed by atoms with E-state index in [9.17, 15) is 4.79 Å². The van der Waals surface area contributed by atoms with Gasteiger partial charge in [0.2, 0.25) is 5.91 Å². The normalized spacial score (nSPS) is 25.8. The average Bonchev–Trinajstić information content (AvgIpc) is 2.96. The molecule has 25 heavy (non-hydrogen) atoms. The van der Waals surface area contributed by atoms with Crippen LogP contribution in [0, 0.1) is 11.8 Å². The summed E-state index contributed by atoms with van der Waals surface area (Å²) >= 11 is 0. The fourth-order valence-corrected chi connectivity index (χ4v) is 5.17. The van der Waals surface area contributed by atoms with E-state index < -0.39 is 0 Å². The van der Waals surface area contributed by atoms with Crippen LogP contribution in [-0.4, -0.2) is 61.6 Å². The SMILES string of the molecule is COC[C@H]1CCN(C)C2(C1)CN(C(=O)CC1Cc3ccccc3C1)C2.